The van der Waals surface area contributed by atoms with Crippen molar-refractivity contribution in [2.75, 3.05) is 6.61 Å². The van der Waals surface area contributed by atoms with Gasteiger partial charge in [0.25, 0.3) is 20.2 Å². The van der Waals surface area contributed by atoms with Crippen LogP contribution in [0.25, 0.3) is 10.8 Å². The second-order valence-corrected chi connectivity index (χ2v) is 10.9. The number of unbranched alkanes of at least 4 members (excludes halogenated alkanes) is 6. The molecule has 0 heterocycles. The van der Waals surface area contributed by atoms with Crippen LogP contribution in [0.4, 0.5) is 0 Å². The van der Waals surface area contributed by atoms with E-state index in [0.29, 0.717) is 5.39 Å². The summed E-state index contributed by atoms with van der Waals surface area (Å²) in [4.78, 5) is 0.118. The summed E-state index contributed by atoms with van der Waals surface area (Å²) in [5.74, 6) is 0. The number of rotatable bonds is 11. The maximum atomic E-state index is 11.3. The summed E-state index contributed by atoms with van der Waals surface area (Å²) in [5, 5.41) is 1.33. The van der Waals surface area contributed by atoms with Crippen molar-refractivity contribution < 1.29 is 55.1 Å². The van der Waals surface area contributed by atoms with Crippen molar-refractivity contribution in [3.63, 3.8) is 0 Å². The van der Waals surface area contributed by atoms with Gasteiger partial charge in [0, 0.05) is 5.39 Å². The zero-order valence-electron chi connectivity index (χ0n) is 21.9. The maximum absolute atomic E-state index is 11.3. The summed E-state index contributed by atoms with van der Waals surface area (Å²) >= 11 is 0. The molecule has 3 aromatic carbocycles. The topological polar surface area (TPSA) is 97.7 Å². The number of hydrogen-bond donors (Lipinski definition) is 1. The monoisotopic (exact) mass is 556 g/mol. The van der Waals surface area contributed by atoms with Gasteiger partial charge in [0.15, 0.2) is 0 Å². The van der Waals surface area contributed by atoms with E-state index in [0.717, 1.165) is 11.8 Å². The van der Waals surface area contributed by atoms with Crippen molar-refractivity contribution in [2.24, 2.45) is 0 Å². The smallest absolute Gasteiger partial charge is 0.343 e. The molecule has 9 heteroatoms. The standard InChI is InChI=1S/C10H8O3S.C9H10O3S.C9H19.Na/c11-14(12,13)10-7-3-5-8-4-1-2-6-9(8)10;1-2-8-12-13(10,11)9-6-4-3-5-7-9;1-3-5-7-9-8-6-4-2;/h1-7H,(H,11,12,13);2-7H,1,8H2;1,3-9H2,2H3;/q;;-1;+1. The molecule has 0 amide bonds. The van der Waals surface area contributed by atoms with E-state index >= 15 is 0 Å². The predicted molar refractivity (Wildman–Crippen MR) is 147 cm³/mol. The molecule has 3 aromatic rings. The first kappa shape index (κ1) is 35.5. The van der Waals surface area contributed by atoms with Gasteiger partial charge in [-0.05, 0) is 23.6 Å². The van der Waals surface area contributed by atoms with Crippen LogP contribution in [0.5, 0.6) is 0 Å². The molecule has 0 unspecified atom stereocenters. The van der Waals surface area contributed by atoms with E-state index in [1.165, 1.54) is 62.8 Å². The van der Waals surface area contributed by atoms with Crippen LogP contribution in [0.15, 0.2) is 95.2 Å². The van der Waals surface area contributed by atoms with Gasteiger partial charge >= 0.3 is 29.6 Å². The average molecular weight is 557 g/mol. The largest absolute Gasteiger partial charge is 1.00 e. The molecule has 37 heavy (non-hydrogen) atoms. The van der Waals surface area contributed by atoms with Gasteiger partial charge in [-0.3, -0.25) is 8.74 Å². The Bertz CT molecular complexity index is 1230. The van der Waals surface area contributed by atoms with Crippen molar-refractivity contribution in [1.82, 2.24) is 0 Å². The fourth-order valence-electron chi connectivity index (χ4n) is 3.17. The minimum atomic E-state index is -4.13. The second-order valence-electron chi connectivity index (χ2n) is 7.91. The summed E-state index contributed by atoms with van der Waals surface area (Å²) < 4.78 is 58.2. The van der Waals surface area contributed by atoms with Crippen LogP contribution in [0, 0.1) is 6.92 Å². The Kier molecular flexibility index (Phi) is 18.7. The Hall–Kier alpha value is -1.52. The van der Waals surface area contributed by atoms with Crippen LogP contribution in [0.2, 0.25) is 0 Å². The van der Waals surface area contributed by atoms with Gasteiger partial charge in [0.05, 0.1) is 11.5 Å². The van der Waals surface area contributed by atoms with E-state index in [9.17, 15) is 16.8 Å². The first-order chi connectivity index (χ1) is 17.2. The zero-order valence-corrected chi connectivity index (χ0v) is 25.5. The predicted octanol–water partition coefficient (Wildman–Crippen LogP) is 4.24. The molecule has 0 aliphatic rings. The average Bonchev–Trinajstić information content (AvgIpc) is 2.88. The van der Waals surface area contributed by atoms with E-state index in [4.69, 9.17) is 4.55 Å². The third-order valence-corrected chi connectivity index (χ3v) is 7.21. The minimum Gasteiger partial charge on any atom is -0.343 e. The van der Waals surface area contributed by atoms with Crippen molar-refractivity contribution in [3.05, 3.63) is 92.4 Å². The molecular weight excluding hydrogens is 519 g/mol. The van der Waals surface area contributed by atoms with E-state index in [-0.39, 0.29) is 46.0 Å². The molecule has 0 aromatic heterocycles. The van der Waals surface area contributed by atoms with Gasteiger partial charge in [-0.25, -0.2) is 0 Å². The third kappa shape index (κ3) is 14.3. The Labute approximate surface area is 245 Å². The van der Waals surface area contributed by atoms with Crippen molar-refractivity contribution in [1.29, 1.82) is 0 Å². The fraction of sp³-hybridized carbons (Fsp3) is 0.321. The summed E-state index contributed by atoms with van der Waals surface area (Å²) in [7, 11) is -7.72. The van der Waals surface area contributed by atoms with Crippen molar-refractivity contribution >= 4 is 31.0 Å². The molecule has 0 radical (unpaired) electrons. The van der Waals surface area contributed by atoms with Gasteiger partial charge in [0.2, 0.25) is 0 Å². The van der Waals surface area contributed by atoms with E-state index in [2.05, 4.69) is 24.6 Å². The molecular formula is C28H37NaO6S2. The summed E-state index contributed by atoms with van der Waals surface area (Å²) in [6.07, 6.45) is 10.8. The molecule has 0 atom stereocenters. The van der Waals surface area contributed by atoms with Crippen LogP contribution in [0.1, 0.15) is 51.9 Å². The molecule has 6 nitrogen and oxygen atoms in total. The van der Waals surface area contributed by atoms with Gasteiger partial charge < -0.3 is 6.92 Å². The van der Waals surface area contributed by atoms with Crippen LogP contribution in [0.3, 0.4) is 0 Å². The molecule has 1 N–H and O–H groups in total. The Balaban J connectivity index is 0.000000533. The molecule has 0 fully saturated rings. The summed E-state index contributed by atoms with van der Waals surface area (Å²) in [5.41, 5.74) is 0. The van der Waals surface area contributed by atoms with Gasteiger partial charge in [-0.2, -0.15) is 23.3 Å². The molecule has 198 valence electrons. The molecule has 3 rings (SSSR count). The SMILES string of the molecule is C=CCOS(=O)(=O)c1ccccc1.O=S(=O)(O)c1cccc2ccccc12.[CH2-]CCCCCCCC.[Na+]. The summed E-state index contributed by atoms with van der Waals surface area (Å²) in [6.45, 7) is 9.42. The number of hydrogen-bond acceptors (Lipinski definition) is 5. The molecule has 0 spiro atoms. The van der Waals surface area contributed by atoms with Crippen LogP contribution in [-0.2, 0) is 24.4 Å². The van der Waals surface area contributed by atoms with Gasteiger partial charge in [-0.15, -0.1) is 6.58 Å². The van der Waals surface area contributed by atoms with E-state index < -0.39 is 20.2 Å². The fourth-order valence-corrected chi connectivity index (χ4v) is 4.79. The van der Waals surface area contributed by atoms with E-state index in [1.54, 1.807) is 48.5 Å². The molecule has 0 aliphatic carbocycles. The molecule has 0 aliphatic heterocycles. The minimum absolute atomic E-state index is 0. The Morgan fingerprint density at radius 3 is 2.00 bits per heavy atom. The zero-order chi connectivity index (χ0) is 26.9. The molecule has 0 saturated heterocycles. The normalized spacial score (nSPS) is 10.8. The Morgan fingerprint density at radius 1 is 0.838 bits per heavy atom. The molecule has 0 bridgehead atoms. The van der Waals surface area contributed by atoms with Crippen LogP contribution >= 0.6 is 0 Å². The first-order valence-electron chi connectivity index (χ1n) is 12.0. The Morgan fingerprint density at radius 2 is 1.41 bits per heavy atom. The summed E-state index contributed by atoms with van der Waals surface area (Å²) in [6, 6.07) is 19.8. The molecule has 0 saturated carbocycles. The van der Waals surface area contributed by atoms with Crippen LogP contribution in [-0.4, -0.2) is 28.0 Å². The van der Waals surface area contributed by atoms with Crippen LogP contribution < -0.4 is 29.6 Å². The van der Waals surface area contributed by atoms with Gasteiger partial charge in [-0.1, -0.05) is 106 Å². The van der Waals surface area contributed by atoms with Crippen molar-refractivity contribution in [3.8, 4) is 0 Å². The van der Waals surface area contributed by atoms with Gasteiger partial charge in [0.1, 0.15) is 4.90 Å². The van der Waals surface area contributed by atoms with Crippen molar-refractivity contribution in [2.45, 2.75) is 61.7 Å². The first-order valence-corrected chi connectivity index (χ1v) is 14.8. The third-order valence-electron chi connectivity index (χ3n) is 5.00. The number of benzene rings is 3. The maximum Gasteiger partial charge on any atom is 1.00 e. The number of fused-ring (bicyclic) bond motifs is 1. The van der Waals surface area contributed by atoms with E-state index in [1.807, 2.05) is 6.07 Å². The quantitative estimate of drug-likeness (QED) is 0.0948. The second kappa shape index (κ2) is 19.5.